The van der Waals surface area contributed by atoms with Crippen LogP contribution in [0.15, 0.2) is 60.7 Å². The maximum atomic E-state index is 13.6. The first kappa shape index (κ1) is 21.5. The van der Waals surface area contributed by atoms with Crippen molar-refractivity contribution >= 4 is 5.78 Å². The quantitative estimate of drug-likeness (QED) is 0.539. The Balaban J connectivity index is 1.46. The Morgan fingerprint density at radius 3 is 2.27 bits per heavy atom. The number of hydrogen-bond acceptors (Lipinski definition) is 4. The standard InChI is InChI=1S/C26H21F3O4/c27-26(28,29)21-10-17(9-19(12-21)18-3-1-16(14-30)2-4-18)11-24(31)25(7-8-25)20-5-6-22-23(13-20)33-15-32-22/h1-6,9-10,12-13,30H,7-8,11,14-15H2. The van der Waals surface area contributed by atoms with Crippen LogP contribution in [-0.4, -0.2) is 17.7 Å². The van der Waals surface area contributed by atoms with E-state index < -0.39 is 17.2 Å². The zero-order valence-corrected chi connectivity index (χ0v) is 17.6. The molecule has 5 rings (SSSR count). The number of carbonyl (C=O) groups is 1. The third-order valence-corrected chi connectivity index (χ3v) is 6.36. The van der Waals surface area contributed by atoms with Crippen molar-refractivity contribution in [1.82, 2.24) is 0 Å². The fourth-order valence-electron chi connectivity index (χ4n) is 4.33. The van der Waals surface area contributed by atoms with Crippen molar-refractivity contribution in [3.63, 3.8) is 0 Å². The minimum Gasteiger partial charge on any atom is -0.454 e. The molecule has 0 unspecified atom stereocenters. The van der Waals surface area contributed by atoms with Gasteiger partial charge in [-0.3, -0.25) is 4.79 Å². The SMILES string of the molecule is O=C(Cc1cc(-c2ccc(CO)cc2)cc(C(F)(F)F)c1)C1(c2ccc3c(c2)OCO3)CC1. The summed E-state index contributed by atoms with van der Waals surface area (Å²) in [4.78, 5) is 13.3. The molecule has 7 heteroatoms. The van der Waals surface area contributed by atoms with E-state index in [2.05, 4.69) is 0 Å². The smallest absolute Gasteiger partial charge is 0.416 e. The van der Waals surface area contributed by atoms with Crippen molar-refractivity contribution in [3.8, 4) is 22.6 Å². The molecule has 1 heterocycles. The Labute approximate surface area is 188 Å². The Morgan fingerprint density at radius 1 is 0.879 bits per heavy atom. The van der Waals surface area contributed by atoms with Crippen LogP contribution in [0.1, 0.15) is 35.1 Å². The van der Waals surface area contributed by atoms with Gasteiger partial charge in [0.1, 0.15) is 5.78 Å². The summed E-state index contributed by atoms with van der Waals surface area (Å²) in [6, 6.07) is 15.8. The van der Waals surface area contributed by atoms with E-state index >= 15 is 0 Å². The van der Waals surface area contributed by atoms with Gasteiger partial charge in [0.15, 0.2) is 11.5 Å². The van der Waals surface area contributed by atoms with Gasteiger partial charge in [-0.05, 0) is 64.9 Å². The van der Waals surface area contributed by atoms with Gasteiger partial charge in [0.2, 0.25) is 6.79 Å². The molecule has 1 fully saturated rings. The highest BCUT2D eigenvalue weighted by Crippen LogP contribution is 2.51. The minimum absolute atomic E-state index is 0.0971. The number of carbonyl (C=O) groups excluding carboxylic acids is 1. The van der Waals surface area contributed by atoms with Crippen LogP contribution in [0.4, 0.5) is 13.2 Å². The molecular weight excluding hydrogens is 433 g/mol. The number of aliphatic hydroxyl groups is 1. The zero-order valence-electron chi connectivity index (χ0n) is 17.6. The fourth-order valence-corrected chi connectivity index (χ4v) is 4.33. The number of alkyl halides is 3. The number of rotatable bonds is 6. The van der Waals surface area contributed by atoms with E-state index in [1.165, 1.54) is 0 Å². The van der Waals surface area contributed by atoms with Crippen molar-refractivity contribution in [2.45, 2.75) is 37.5 Å². The van der Waals surface area contributed by atoms with Gasteiger partial charge in [-0.2, -0.15) is 13.2 Å². The van der Waals surface area contributed by atoms with Crippen molar-refractivity contribution in [2.75, 3.05) is 6.79 Å². The molecule has 2 aliphatic rings. The van der Waals surface area contributed by atoms with Gasteiger partial charge in [0.25, 0.3) is 0 Å². The van der Waals surface area contributed by atoms with Crippen LogP contribution in [-0.2, 0) is 29.4 Å². The van der Waals surface area contributed by atoms with Gasteiger partial charge in [-0.25, -0.2) is 0 Å². The van der Waals surface area contributed by atoms with Crippen LogP contribution in [0, 0.1) is 0 Å². The molecule has 4 nitrogen and oxygen atoms in total. The molecule has 1 N–H and O–H groups in total. The summed E-state index contributed by atoms with van der Waals surface area (Å²) in [7, 11) is 0. The molecule has 0 bridgehead atoms. The maximum absolute atomic E-state index is 13.6. The molecule has 33 heavy (non-hydrogen) atoms. The van der Waals surface area contributed by atoms with Gasteiger partial charge in [0.05, 0.1) is 17.6 Å². The first-order valence-corrected chi connectivity index (χ1v) is 10.6. The first-order valence-electron chi connectivity index (χ1n) is 10.6. The van der Waals surface area contributed by atoms with Gasteiger partial charge < -0.3 is 14.6 Å². The lowest BCUT2D eigenvalue weighted by Gasteiger charge is -2.17. The number of fused-ring (bicyclic) bond motifs is 1. The van der Waals surface area contributed by atoms with E-state index in [4.69, 9.17) is 9.47 Å². The molecule has 1 aliphatic carbocycles. The predicted octanol–water partition coefficient (Wildman–Crippen LogP) is 5.44. The van der Waals surface area contributed by atoms with Crippen LogP contribution < -0.4 is 9.47 Å². The van der Waals surface area contributed by atoms with Crippen LogP contribution in [0.3, 0.4) is 0 Å². The highest BCUT2D eigenvalue weighted by Gasteiger charge is 2.51. The Kier molecular flexibility index (Phi) is 5.16. The number of aliphatic hydroxyl groups excluding tert-OH is 1. The first-order chi connectivity index (χ1) is 15.8. The fraction of sp³-hybridized carbons (Fsp3) is 0.269. The number of benzene rings is 3. The molecule has 3 aromatic rings. The summed E-state index contributed by atoms with van der Waals surface area (Å²) in [5.41, 5.74) is 1.28. The number of hydrogen-bond donors (Lipinski definition) is 1. The topological polar surface area (TPSA) is 55.8 Å². The molecule has 0 spiro atoms. The zero-order chi connectivity index (χ0) is 23.2. The van der Waals surface area contributed by atoms with E-state index in [-0.39, 0.29) is 25.6 Å². The van der Waals surface area contributed by atoms with Crippen molar-refractivity contribution in [2.24, 2.45) is 0 Å². The van der Waals surface area contributed by atoms with Crippen LogP contribution in [0.5, 0.6) is 11.5 Å². The van der Waals surface area contributed by atoms with Gasteiger partial charge in [-0.15, -0.1) is 0 Å². The number of halogens is 3. The second-order valence-electron chi connectivity index (χ2n) is 8.52. The predicted molar refractivity (Wildman–Crippen MR) is 115 cm³/mol. The van der Waals surface area contributed by atoms with E-state index in [9.17, 15) is 23.1 Å². The molecule has 0 atom stereocenters. The van der Waals surface area contributed by atoms with Crippen molar-refractivity contribution in [1.29, 1.82) is 0 Å². The van der Waals surface area contributed by atoms with E-state index in [1.54, 1.807) is 42.5 Å². The second-order valence-corrected chi connectivity index (χ2v) is 8.52. The highest BCUT2D eigenvalue weighted by atomic mass is 19.4. The molecule has 1 saturated carbocycles. The maximum Gasteiger partial charge on any atom is 0.416 e. The number of ketones is 1. The number of ether oxygens (including phenoxy) is 2. The van der Waals surface area contributed by atoms with Gasteiger partial charge in [0, 0.05) is 6.42 Å². The largest absolute Gasteiger partial charge is 0.454 e. The summed E-state index contributed by atoms with van der Waals surface area (Å²) in [5.74, 6) is 1.10. The minimum atomic E-state index is -4.53. The lowest BCUT2D eigenvalue weighted by molar-refractivity contribution is -0.137. The van der Waals surface area contributed by atoms with Crippen molar-refractivity contribution < 1.29 is 32.5 Å². The Morgan fingerprint density at radius 2 is 1.61 bits per heavy atom. The lowest BCUT2D eigenvalue weighted by atomic mass is 9.86. The second kappa shape index (κ2) is 7.92. The number of Topliss-reactive ketones (excluding diaryl/α,β-unsaturated/α-hetero) is 1. The molecule has 0 radical (unpaired) electrons. The lowest BCUT2D eigenvalue weighted by Crippen LogP contribution is -2.22. The molecule has 1 aliphatic heterocycles. The van der Waals surface area contributed by atoms with Gasteiger partial charge >= 0.3 is 6.18 Å². The van der Waals surface area contributed by atoms with E-state index in [1.807, 2.05) is 6.07 Å². The highest BCUT2D eigenvalue weighted by molar-refractivity contribution is 5.95. The molecular formula is C26H21F3O4. The monoisotopic (exact) mass is 454 g/mol. The van der Waals surface area contributed by atoms with Crippen LogP contribution in [0.2, 0.25) is 0 Å². The summed E-state index contributed by atoms with van der Waals surface area (Å²) < 4.78 is 51.6. The molecule has 0 amide bonds. The molecule has 3 aromatic carbocycles. The Bertz CT molecular complexity index is 1210. The summed E-state index contributed by atoms with van der Waals surface area (Å²) in [6.07, 6.45) is -3.33. The Hall–Kier alpha value is -3.32. The summed E-state index contributed by atoms with van der Waals surface area (Å²) in [5, 5.41) is 9.22. The molecule has 0 aromatic heterocycles. The van der Waals surface area contributed by atoms with E-state index in [0.717, 1.165) is 17.7 Å². The third kappa shape index (κ3) is 4.09. The van der Waals surface area contributed by atoms with Crippen LogP contribution in [0.25, 0.3) is 11.1 Å². The van der Waals surface area contributed by atoms with Gasteiger partial charge in [-0.1, -0.05) is 36.4 Å². The molecule has 0 saturated heterocycles. The average molecular weight is 454 g/mol. The molecule has 170 valence electrons. The third-order valence-electron chi connectivity index (χ3n) is 6.36. The van der Waals surface area contributed by atoms with E-state index in [0.29, 0.717) is 46.6 Å². The normalized spacial score (nSPS) is 16.0. The summed E-state index contributed by atoms with van der Waals surface area (Å²) >= 11 is 0. The summed E-state index contributed by atoms with van der Waals surface area (Å²) in [6.45, 7) is -0.0173. The van der Waals surface area contributed by atoms with Crippen molar-refractivity contribution in [3.05, 3.63) is 82.9 Å². The van der Waals surface area contributed by atoms with Crippen LogP contribution >= 0.6 is 0 Å². The average Bonchev–Trinajstić information content (AvgIpc) is 3.49.